The number of nitrogens with one attached hydrogen (secondary N) is 1. The number of halogens is 2. The third-order valence-electron chi connectivity index (χ3n) is 2.66. The fraction of sp³-hybridized carbons (Fsp3) is 0.143. The standard InChI is InChI=1S/C14H13BrFNO2/c15-10-2-1-3-12(6-10)17-14(8-18)9-4-11(16)7-13(19)5-9/h1-7,14,17-19H,8H2. The fourth-order valence-electron chi connectivity index (χ4n) is 1.81. The van der Waals surface area contributed by atoms with Crippen LogP contribution in [0.2, 0.25) is 0 Å². The highest BCUT2D eigenvalue weighted by Crippen LogP contribution is 2.25. The number of rotatable bonds is 4. The van der Waals surface area contributed by atoms with E-state index in [1.54, 1.807) is 0 Å². The minimum Gasteiger partial charge on any atom is -0.508 e. The lowest BCUT2D eigenvalue weighted by Gasteiger charge is -2.18. The van der Waals surface area contributed by atoms with E-state index in [1.165, 1.54) is 12.1 Å². The number of benzene rings is 2. The highest BCUT2D eigenvalue weighted by atomic mass is 79.9. The summed E-state index contributed by atoms with van der Waals surface area (Å²) in [5, 5.41) is 21.9. The van der Waals surface area contributed by atoms with Crippen LogP contribution in [0.1, 0.15) is 11.6 Å². The van der Waals surface area contributed by atoms with Crippen LogP contribution in [0.4, 0.5) is 10.1 Å². The van der Waals surface area contributed by atoms with Crippen molar-refractivity contribution in [3.8, 4) is 5.75 Å². The predicted octanol–water partition coefficient (Wildman–Crippen LogP) is 3.44. The lowest BCUT2D eigenvalue weighted by Crippen LogP contribution is -2.15. The predicted molar refractivity (Wildman–Crippen MR) is 75.7 cm³/mol. The van der Waals surface area contributed by atoms with E-state index in [0.717, 1.165) is 16.2 Å². The number of anilines is 1. The average Bonchev–Trinajstić information content (AvgIpc) is 2.34. The second-order valence-electron chi connectivity index (χ2n) is 4.13. The normalized spacial score (nSPS) is 12.2. The van der Waals surface area contributed by atoms with Gasteiger partial charge in [-0.05, 0) is 35.9 Å². The van der Waals surface area contributed by atoms with Gasteiger partial charge in [-0.3, -0.25) is 0 Å². The maximum absolute atomic E-state index is 13.3. The Labute approximate surface area is 118 Å². The second-order valence-corrected chi connectivity index (χ2v) is 5.05. The molecule has 0 aliphatic heterocycles. The van der Waals surface area contributed by atoms with E-state index in [4.69, 9.17) is 0 Å². The topological polar surface area (TPSA) is 52.5 Å². The van der Waals surface area contributed by atoms with Gasteiger partial charge in [0.1, 0.15) is 11.6 Å². The van der Waals surface area contributed by atoms with Crippen LogP contribution in [0.25, 0.3) is 0 Å². The van der Waals surface area contributed by atoms with Crippen molar-refractivity contribution >= 4 is 21.6 Å². The van der Waals surface area contributed by atoms with Crippen LogP contribution in [0.5, 0.6) is 5.75 Å². The van der Waals surface area contributed by atoms with Crippen molar-refractivity contribution in [3.63, 3.8) is 0 Å². The first kappa shape index (κ1) is 13.8. The van der Waals surface area contributed by atoms with Gasteiger partial charge in [0.15, 0.2) is 0 Å². The molecule has 3 N–H and O–H groups in total. The number of phenols is 1. The van der Waals surface area contributed by atoms with Crippen molar-refractivity contribution in [1.82, 2.24) is 0 Å². The molecule has 19 heavy (non-hydrogen) atoms. The quantitative estimate of drug-likeness (QED) is 0.807. The Hall–Kier alpha value is -1.59. The van der Waals surface area contributed by atoms with Gasteiger partial charge in [-0.15, -0.1) is 0 Å². The Morgan fingerprint density at radius 1 is 1.21 bits per heavy atom. The molecule has 0 fully saturated rings. The molecule has 0 radical (unpaired) electrons. The minimum absolute atomic E-state index is 0.163. The Balaban J connectivity index is 2.24. The molecule has 2 rings (SSSR count). The van der Waals surface area contributed by atoms with Crippen LogP contribution in [0.3, 0.4) is 0 Å². The molecule has 5 heteroatoms. The summed E-state index contributed by atoms with van der Waals surface area (Å²) in [5.74, 6) is -0.700. The van der Waals surface area contributed by atoms with Crippen LogP contribution in [0.15, 0.2) is 46.9 Å². The van der Waals surface area contributed by atoms with Crippen molar-refractivity contribution < 1.29 is 14.6 Å². The number of aliphatic hydroxyl groups is 1. The number of phenolic OH excluding ortho intramolecular Hbond substituents is 1. The first-order valence-electron chi connectivity index (χ1n) is 5.71. The van der Waals surface area contributed by atoms with E-state index in [1.807, 2.05) is 24.3 Å². The van der Waals surface area contributed by atoms with Gasteiger partial charge in [0.05, 0.1) is 12.6 Å². The van der Waals surface area contributed by atoms with Crippen molar-refractivity contribution in [2.75, 3.05) is 11.9 Å². The molecule has 100 valence electrons. The molecule has 3 nitrogen and oxygen atoms in total. The number of hydrogen-bond donors (Lipinski definition) is 3. The third kappa shape index (κ3) is 3.68. The molecule has 2 aromatic carbocycles. The van der Waals surface area contributed by atoms with Gasteiger partial charge in [-0.25, -0.2) is 4.39 Å². The molecule has 0 amide bonds. The van der Waals surface area contributed by atoms with E-state index in [2.05, 4.69) is 21.2 Å². The van der Waals surface area contributed by atoms with Crippen LogP contribution < -0.4 is 5.32 Å². The summed E-state index contributed by atoms with van der Waals surface area (Å²) in [4.78, 5) is 0. The van der Waals surface area contributed by atoms with Gasteiger partial charge < -0.3 is 15.5 Å². The number of aliphatic hydroxyl groups excluding tert-OH is 1. The molecule has 1 unspecified atom stereocenters. The number of aromatic hydroxyl groups is 1. The largest absolute Gasteiger partial charge is 0.508 e. The lowest BCUT2D eigenvalue weighted by molar-refractivity contribution is 0.276. The minimum atomic E-state index is -0.538. The van der Waals surface area contributed by atoms with E-state index < -0.39 is 11.9 Å². The molecule has 0 heterocycles. The van der Waals surface area contributed by atoms with E-state index in [9.17, 15) is 14.6 Å². The van der Waals surface area contributed by atoms with Gasteiger partial charge in [0.2, 0.25) is 0 Å². The zero-order valence-electron chi connectivity index (χ0n) is 9.98. The van der Waals surface area contributed by atoms with Gasteiger partial charge in [0, 0.05) is 16.2 Å². The zero-order chi connectivity index (χ0) is 13.8. The average molecular weight is 326 g/mol. The lowest BCUT2D eigenvalue weighted by atomic mass is 10.1. The highest BCUT2D eigenvalue weighted by molar-refractivity contribution is 9.10. The van der Waals surface area contributed by atoms with Gasteiger partial charge in [0.25, 0.3) is 0 Å². The SMILES string of the molecule is OCC(Nc1cccc(Br)c1)c1cc(O)cc(F)c1. The van der Waals surface area contributed by atoms with Crippen LogP contribution in [-0.4, -0.2) is 16.8 Å². The van der Waals surface area contributed by atoms with E-state index in [0.29, 0.717) is 5.56 Å². The zero-order valence-corrected chi connectivity index (χ0v) is 11.6. The van der Waals surface area contributed by atoms with Gasteiger partial charge in [-0.1, -0.05) is 22.0 Å². The van der Waals surface area contributed by atoms with Crippen molar-refractivity contribution in [3.05, 3.63) is 58.3 Å². The summed E-state index contributed by atoms with van der Waals surface area (Å²) in [5.41, 5.74) is 1.28. The monoisotopic (exact) mass is 325 g/mol. The van der Waals surface area contributed by atoms with Crippen molar-refractivity contribution in [2.24, 2.45) is 0 Å². The maximum Gasteiger partial charge on any atom is 0.127 e. The third-order valence-corrected chi connectivity index (χ3v) is 3.15. The smallest absolute Gasteiger partial charge is 0.127 e. The summed E-state index contributed by atoms with van der Waals surface area (Å²) in [7, 11) is 0. The molecule has 2 aromatic rings. The van der Waals surface area contributed by atoms with Crippen LogP contribution >= 0.6 is 15.9 Å². The van der Waals surface area contributed by atoms with E-state index in [-0.39, 0.29) is 12.4 Å². The molecule has 0 aliphatic carbocycles. The molecule has 0 aliphatic rings. The van der Waals surface area contributed by atoms with E-state index >= 15 is 0 Å². The highest BCUT2D eigenvalue weighted by Gasteiger charge is 2.12. The van der Waals surface area contributed by atoms with Crippen molar-refractivity contribution in [2.45, 2.75) is 6.04 Å². The Bertz CT molecular complexity index is 557. The Kier molecular flexibility index (Phi) is 4.39. The molecular weight excluding hydrogens is 313 g/mol. The molecule has 0 saturated heterocycles. The van der Waals surface area contributed by atoms with Crippen LogP contribution in [0, 0.1) is 5.82 Å². The summed E-state index contributed by atoms with van der Waals surface area (Å²) in [6.07, 6.45) is 0. The molecular formula is C14H13BrFNO2. The Morgan fingerprint density at radius 3 is 2.63 bits per heavy atom. The Morgan fingerprint density at radius 2 is 2.00 bits per heavy atom. The first-order valence-corrected chi connectivity index (χ1v) is 6.50. The second kappa shape index (κ2) is 6.04. The maximum atomic E-state index is 13.3. The molecule has 0 aromatic heterocycles. The van der Waals surface area contributed by atoms with Crippen molar-refractivity contribution in [1.29, 1.82) is 0 Å². The van der Waals surface area contributed by atoms with Crippen LogP contribution in [-0.2, 0) is 0 Å². The molecule has 0 saturated carbocycles. The number of hydrogen-bond acceptors (Lipinski definition) is 3. The summed E-state index contributed by atoms with van der Waals surface area (Å²) < 4.78 is 14.1. The summed E-state index contributed by atoms with van der Waals surface area (Å²) in [6.45, 7) is -0.213. The van der Waals surface area contributed by atoms with Gasteiger partial charge in [-0.2, -0.15) is 0 Å². The summed E-state index contributed by atoms with van der Waals surface area (Å²) >= 11 is 3.35. The summed E-state index contributed by atoms with van der Waals surface area (Å²) in [6, 6.07) is 10.7. The van der Waals surface area contributed by atoms with Gasteiger partial charge >= 0.3 is 0 Å². The molecule has 1 atom stereocenters. The first-order chi connectivity index (χ1) is 9.08. The molecule has 0 bridgehead atoms. The molecule has 0 spiro atoms. The fourth-order valence-corrected chi connectivity index (χ4v) is 2.21.